The predicted molar refractivity (Wildman–Crippen MR) is 566 cm³/mol. The summed E-state index contributed by atoms with van der Waals surface area (Å²) in [4.78, 5) is 0. The van der Waals surface area contributed by atoms with Crippen LogP contribution in [0.3, 0.4) is 0 Å². The molecule has 14 atom stereocenters. The summed E-state index contributed by atoms with van der Waals surface area (Å²) in [6, 6.07) is 7.24. The molecule has 1 aromatic rings. The largest absolute Gasteiger partial charge is 2.00 e. The van der Waals surface area contributed by atoms with Gasteiger partial charge in [0.2, 0.25) is 0 Å². The molecule has 15 aliphatic rings. The number of piperidine rings is 7. The number of rotatable bonds is 20. The van der Waals surface area contributed by atoms with Gasteiger partial charge in [-0.3, -0.25) is 0 Å². The zero-order valence-corrected chi connectivity index (χ0v) is 98.7. The first-order valence-electron chi connectivity index (χ1n) is 52.9. The normalized spacial score (nSPS) is 32.7. The molecule has 14 unspecified atom stereocenters. The maximum atomic E-state index is 4.90. The molecule has 0 radical (unpaired) electrons. The summed E-state index contributed by atoms with van der Waals surface area (Å²) in [5.41, 5.74) is 82.7. The molecule has 0 amide bonds. The average Bonchev–Trinajstić information content (AvgIpc) is 0.818. The van der Waals surface area contributed by atoms with Gasteiger partial charge in [0.25, 0.3) is 0 Å². The van der Waals surface area contributed by atoms with Crippen molar-refractivity contribution < 1.29 is 163 Å². The Morgan fingerprint density at radius 1 is 0.200 bits per heavy atom. The van der Waals surface area contributed by atoms with E-state index in [0.717, 1.165) is 246 Å². The number of nitrogens with zero attached hydrogens (tertiary/aromatic N) is 16. The van der Waals surface area contributed by atoms with Crippen LogP contribution in [0.25, 0.3) is 85.1 Å². The fraction of sp³-hybridized carbons (Fsp3) is 0.920. The minimum Gasteiger partial charge on any atom is -0.678 e. The fourth-order valence-electron chi connectivity index (χ4n) is 22.1. The molecule has 14 fully saturated rings. The van der Waals surface area contributed by atoms with E-state index >= 15 is 0 Å². The molecule has 12 aliphatic heterocycles. The van der Waals surface area contributed by atoms with Crippen LogP contribution in [0.15, 0.2) is 30.4 Å². The van der Waals surface area contributed by atoms with Crippen molar-refractivity contribution in [3.8, 4) is 0 Å². The molecule has 11 saturated heterocycles. The predicted octanol–water partition coefficient (Wildman–Crippen LogP) is 12.3. The van der Waals surface area contributed by atoms with Crippen molar-refractivity contribution in [3.63, 3.8) is 0 Å². The molecule has 0 bridgehead atoms. The van der Waals surface area contributed by atoms with Gasteiger partial charge in [0.15, 0.2) is 0 Å². The summed E-state index contributed by atoms with van der Waals surface area (Å²) in [5, 5.41) is 75.7. The van der Waals surface area contributed by atoms with Gasteiger partial charge in [-0.1, -0.05) is 167 Å². The Hall–Kier alpha value is 2.98. The zero-order chi connectivity index (χ0) is 95.6. The Balaban J connectivity index is -0.000000782. The van der Waals surface area contributed by atoms with Crippen LogP contribution in [0.5, 0.6) is 0 Å². The van der Waals surface area contributed by atoms with Crippen LogP contribution < -0.4 is 91.7 Å². The van der Waals surface area contributed by atoms with Gasteiger partial charge < -0.3 is 177 Å². The molecule has 16 rings (SSSR count). The van der Waals surface area contributed by atoms with Gasteiger partial charge >= 0.3 is 163 Å². The summed E-state index contributed by atoms with van der Waals surface area (Å²) >= 11 is 0. The second-order valence-corrected chi connectivity index (χ2v) is 39.7. The summed E-state index contributed by atoms with van der Waals surface area (Å²) in [6.07, 6.45) is 37.2. The fourth-order valence-corrected chi connectivity index (χ4v) is 22.1. The standard InChI is InChI=1S/3C21H36N4.C21H28N4.8C2H8N2.8Pd/c4*1-15-24-13-21(14-25-15)20-9-18(16-4-2-6-22-11-16)8-19(10-20)17-5-3-7-23-12-17;8*3-1-2-4;;;;;;;;/h3*15-21H,2-14H2,1H3;2,4,8-10,15-17,21H,3,5-7,11-14H2,1H3;8*1-4H2;;;;;;;;/q4*-4;;;;;;;;;8*+2. The molecule has 1 aromatic carbocycles. The van der Waals surface area contributed by atoms with Crippen LogP contribution >= 0.6 is 0 Å². The first kappa shape index (κ1) is 149. The molecule has 140 heavy (non-hydrogen) atoms. The molecule has 3 saturated carbocycles. The van der Waals surface area contributed by atoms with Crippen LogP contribution in [-0.2, 0) is 163 Å². The van der Waals surface area contributed by atoms with Gasteiger partial charge in [-0.05, 0) is 146 Å². The van der Waals surface area contributed by atoms with E-state index in [2.05, 4.69) is 79.3 Å². The van der Waals surface area contributed by atoms with E-state index in [0.29, 0.717) is 140 Å². The van der Waals surface area contributed by atoms with Gasteiger partial charge in [0, 0.05) is 105 Å². The van der Waals surface area contributed by atoms with E-state index in [1.54, 1.807) is 0 Å². The summed E-state index contributed by atoms with van der Waals surface area (Å²) in [6.45, 7) is 43.4. The molecule has 32 nitrogen and oxygen atoms in total. The quantitative estimate of drug-likeness (QED) is 0.0426. The molecular formula is C100H200N32Pd8. The third-order valence-electron chi connectivity index (χ3n) is 29.6. The van der Waals surface area contributed by atoms with E-state index in [-0.39, 0.29) is 188 Å². The third-order valence-corrected chi connectivity index (χ3v) is 29.6. The van der Waals surface area contributed by atoms with Crippen molar-refractivity contribution in [2.75, 3.05) is 262 Å². The van der Waals surface area contributed by atoms with Crippen molar-refractivity contribution in [1.29, 1.82) is 0 Å². The molecule has 40 heteroatoms. The first-order chi connectivity index (χ1) is 64.5. The van der Waals surface area contributed by atoms with Crippen LogP contribution in [0.4, 0.5) is 0 Å². The van der Waals surface area contributed by atoms with Crippen molar-refractivity contribution in [2.45, 2.75) is 218 Å². The van der Waals surface area contributed by atoms with Crippen molar-refractivity contribution in [3.05, 3.63) is 132 Å². The Kier molecular flexibility index (Phi) is 103. The molecule has 3 aliphatic carbocycles. The number of benzene rings is 1. The minimum atomic E-state index is 0. The third kappa shape index (κ3) is 62.1. The van der Waals surface area contributed by atoms with Gasteiger partial charge in [-0.15, -0.1) is 191 Å². The second-order valence-electron chi connectivity index (χ2n) is 39.7. The van der Waals surface area contributed by atoms with Gasteiger partial charge in [-0.25, -0.2) is 24.7 Å². The summed E-state index contributed by atoms with van der Waals surface area (Å²) in [7, 11) is 0. The van der Waals surface area contributed by atoms with Gasteiger partial charge in [0.05, 0.1) is 0 Å². The van der Waals surface area contributed by atoms with Gasteiger partial charge in [0.1, 0.15) is 0 Å². The Morgan fingerprint density at radius 2 is 0.393 bits per heavy atom. The molecule has 0 aromatic heterocycles. The van der Waals surface area contributed by atoms with E-state index in [1.165, 1.54) is 164 Å². The van der Waals surface area contributed by atoms with Crippen molar-refractivity contribution in [1.82, 2.24) is 0 Å². The minimum absolute atomic E-state index is 0. The van der Waals surface area contributed by atoms with E-state index < -0.39 is 0 Å². The Morgan fingerprint density at radius 3 is 0.579 bits per heavy atom. The SMILES string of the molecule is CC1[N-]CC(C2CC(C3CCC[N-]C3)CC(C3CCC[N-]C3)C2)C[N-]1.CC1[N-]CC(C2CC(C3CCC[N-]C3)CC(C3CCC[N-]C3)C2)C[N-]1.CC1[N-]CC(C2CC(C3CCC[N-]C3)CC(C3CCC[N-]C3)C2)C[N-]1.CC1[N-]CC(c2cc(C3C=CC[N-]C3)cc(C3CCC[N-]C3)c2)C[N-]1.NCCN.NCCN.NCCN.NCCN.NCCN.NCCN.NCCN.NCCN.[Pd+2].[Pd+2].[Pd+2].[Pd+2].[Pd+2].[Pd+2].[Pd+2].[Pd+2]. The van der Waals surface area contributed by atoms with E-state index in [9.17, 15) is 0 Å². The smallest absolute Gasteiger partial charge is 0.678 e. The Labute approximate surface area is 963 Å². The van der Waals surface area contributed by atoms with Gasteiger partial charge in [-0.2, -0.15) is 0 Å². The monoisotopic (exact) mass is 2700 g/mol. The average molecular weight is 2700 g/mol. The van der Waals surface area contributed by atoms with Crippen LogP contribution in [-0.4, -0.2) is 286 Å². The Bertz CT molecular complexity index is 2500. The summed E-state index contributed by atoms with van der Waals surface area (Å²) < 4.78 is 0. The number of hydrogen-bond donors (Lipinski definition) is 16. The topological polar surface area (TPSA) is 642 Å². The summed E-state index contributed by atoms with van der Waals surface area (Å²) in [5.74, 6) is 16.6. The van der Waals surface area contributed by atoms with E-state index in [4.69, 9.17) is 156 Å². The zero-order valence-electron chi connectivity index (χ0n) is 86.3. The maximum absolute atomic E-state index is 4.90. The first-order valence-corrected chi connectivity index (χ1v) is 52.9. The van der Waals surface area contributed by atoms with Crippen molar-refractivity contribution >= 4 is 0 Å². The van der Waals surface area contributed by atoms with Crippen molar-refractivity contribution in [2.24, 2.45) is 198 Å². The molecule has 840 valence electrons. The maximum Gasteiger partial charge on any atom is 2.00 e. The van der Waals surface area contributed by atoms with Crippen LogP contribution in [0.2, 0.25) is 0 Å². The molecule has 12 heterocycles. The van der Waals surface area contributed by atoms with E-state index in [1.807, 2.05) is 0 Å². The number of hydrogen-bond acceptors (Lipinski definition) is 16. The molecule has 32 N–H and O–H groups in total. The van der Waals surface area contributed by atoms with Crippen LogP contribution in [0, 0.1) is 107 Å². The van der Waals surface area contributed by atoms with Crippen LogP contribution in [0.1, 0.15) is 210 Å². The molecular weight excluding hydrogens is 2500 g/mol. The molecule has 0 spiro atoms. The second kappa shape index (κ2) is 96.5. The number of nitrogens with two attached hydrogens (primary N) is 16.